The third-order valence-corrected chi connectivity index (χ3v) is 3.59. The zero-order valence-electron chi connectivity index (χ0n) is 11.1. The molecule has 0 aliphatic carbocycles. The Morgan fingerprint density at radius 1 is 1.58 bits per heavy atom. The van der Waals surface area contributed by atoms with Crippen molar-refractivity contribution >= 4 is 17.7 Å². The molecule has 19 heavy (non-hydrogen) atoms. The van der Waals surface area contributed by atoms with Gasteiger partial charge in [0.2, 0.25) is 0 Å². The molecule has 0 spiro atoms. The minimum atomic E-state index is -0.185. The van der Waals surface area contributed by atoms with Gasteiger partial charge in [0.15, 0.2) is 0 Å². The number of rotatable bonds is 5. The Kier molecular flexibility index (Phi) is 7.01. The van der Waals surface area contributed by atoms with E-state index in [1.165, 1.54) is 6.20 Å². The van der Waals surface area contributed by atoms with E-state index in [9.17, 15) is 4.79 Å². The van der Waals surface area contributed by atoms with Crippen LogP contribution >= 0.6 is 11.8 Å². The second kappa shape index (κ2) is 8.57. The summed E-state index contributed by atoms with van der Waals surface area (Å²) in [5.74, 6) is 5.09. The Bertz CT molecular complexity index is 463. The molecule has 0 saturated heterocycles. The number of carbonyl (C=O) groups is 1. The van der Waals surface area contributed by atoms with Gasteiger partial charge < -0.3 is 10.4 Å². The molecule has 1 heterocycles. The molecule has 0 fully saturated rings. The normalized spacial score (nSPS) is 11.3. The zero-order valence-corrected chi connectivity index (χ0v) is 12.0. The van der Waals surface area contributed by atoms with Crippen molar-refractivity contribution < 1.29 is 9.90 Å². The SMILES string of the molecule is CSC(C)CCNC(=O)c1ccc(C#CCO)cn1. The van der Waals surface area contributed by atoms with Crippen LogP contribution < -0.4 is 5.32 Å². The van der Waals surface area contributed by atoms with Crippen LogP contribution in [0.1, 0.15) is 29.4 Å². The second-order valence-electron chi connectivity index (χ2n) is 3.98. The number of nitrogens with one attached hydrogen (secondary N) is 1. The zero-order chi connectivity index (χ0) is 14.1. The van der Waals surface area contributed by atoms with Gasteiger partial charge in [0.25, 0.3) is 5.91 Å². The monoisotopic (exact) mass is 278 g/mol. The average molecular weight is 278 g/mol. The van der Waals surface area contributed by atoms with Crippen LogP contribution in [-0.2, 0) is 0 Å². The smallest absolute Gasteiger partial charge is 0.269 e. The summed E-state index contributed by atoms with van der Waals surface area (Å²) in [6, 6.07) is 3.35. The highest BCUT2D eigenvalue weighted by molar-refractivity contribution is 7.99. The lowest BCUT2D eigenvalue weighted by molar-refractivity contribution is 0.0948. The minimum absolute atomic E-state index is 0.171. The summed E-state index contributed by atoms with van der Waals surface area (Å²) >= 11 is 1.78. The first kappa shape index (κ1) is 15.5. The predicted molar refractivity (Wildman–Crippen MR) is 78.1 cm³/mol. The number of hydrogen-bond acceptors (Lipinski definition) is 4. The molecule has 1 unspecified atom stereocenters. The van der Waals surface area contributed by atoms with Crippen molar-refractivity contribution in [3.05, 3.63) is 29.6 Å². The maximum absolute atomic E-state index is 11.8. The van der Waals surface area contributed by atoms with E-state index in [4.69, 9.17) is 5.11 Å². The van der Waals surface area contributed by atoms with Gasteiger partial charge in [-0.15, -0.1) is 0 Å². The van der Waals surface area contributed by atoms with E-state index in [1.807, 2.05) is 0 Å². The number of amides is 1. The van der Waals surface area contributed by atoms with Crippen molar-refractivity contribution in [3.8, 4) is 11.8 Å². The Morgan fingerprint density at radius 3 is 2.95 bits per heavy atom. The van der Waals surface area contributed by atoms with Crippen LogP contribution in [0.15, 0.2) is 18.3 Å². The van der Waals surface area contributed by atoms with Crippen LogP contribution in [0.2, 0.25) is 0 Å². The van der Waals surface area contributed by atoms with Gasteiger partial charge in [-0.05, 0) is 24.8 Å². The fraction of sp³-hybridized carbons (Fsp3) is 0.429. The molecular weight excluding hydrogens is 260 g/mol. The number of pyridine rings is 1. The van der Waals surface area contributed by atoms with Crippen LogP contribution in [0.25, 0.3) is 0 Å². The summed E-state index contributed by atoms with van der Waals surface area (Å²) in [6.07, 6.45) is 4.52. The topological polar surface area (TPSA) is 62.2 Å². The van der Waals surface area contributed by atoms with Crippen molar-refractivity contribution in [1.82, 2.24) is 10.3 Å². The lowest BCUT2D eigenvalue weighted by atomic mass is 10.2. The molecule has 0 bridgehead atoms. The number of thioether (sulfide) groups is 1. The third-order valence-electron chi connectivity index (χ3n) is 2.55. The summed E-state index contributed by atoms with van der Waals surface area (Å²) in [7, 11) is 0. The molecule has 0 aromatic carbocycles. The van der Waals surface area contributed by atoms with E-state index in [0.717, 1.165) is 6.42 Å². The molecule has 5 heteroatoms. The van der Waals surface area contributed by atoms with Gasteiger partial charge in [0.05, 0.1) is 0 Å². The van der Waals surface area contributed by atoms with Crippen LogP contribution in [0, 0.1) is 11.8 Å². The Balaban J connectivity index is 2.49. The lowest BCUT2D eigenvalue weighted by Crippen LogP contribution is -2.26. The lowest BCUT2D eigenvalue weighted by Gasteiger charge is -2.08. The molecule has 102 valence electrons. The molecule has 0 aliphatic heterocycles. The molecule has 2 N–H and O–H groups in total. The van der Waals surface area contributed by atoms with Crippen LogP contribution in [0.5, 0.6) is 0 Å². The summed E-state index contributed by atoms with van der Waals surface area (Å²) in [5, 5.41) is 11.9. The highest BCUT2D eigenvalue weighted by Gasteiger charge is 2.07. The molecule has 1 rings (SSSR count). The average Bonchev–Trinajstić information content (AvgIpc) is 2.45. The molecule has 1 aromatic rings. The summed E-state index contributed by atoms with van der Waals surface area (Å²) in [4.78, 5) is 15.8. The summed E-state index contributed by atoms with van der Waals surface area (Å²) < 4.78 is 0. The number of aliphatic hydroxyl groups excluding tert-OH is 1. The molecule has 1 amide bonds. The second-order valence-corrected chi connectivity index (χ2v) is 5.26. The van der Waals surface area contributed by atoms with Gasteiger partial charge in [-0.1, -0.05) is 18.8 Å². The fourth-order valence-corrected chi connectivity index (χ4v) is 1.69. The molecule has 4 nitrogen and oxygen atoms in total. The molecule has 0 aliphatic rings. The third kappa shape index (κ3) is 5.77. The Hall–Kier alpha value is -1.51. The highest BCUT2D eigenvalue weighted by Crippen LogP contribution is 2.08. The van der Waals surface area contributed by atoms with Crippen LogP contribution in [0.4, 0.5) is 0 Å². The Morgan fingerprint density at radius 2 is 2.37 bits per heavy atom. The number of carbonyl (C=O) groups excluding carboxylic acids is 1. The number of aromatic nitrogens is 1. The van der Waals surface area contributed by atoms with Gasteiger partial charge in [-0.3, -0.25) is 4.79 Å². The van der Waals surface area contributed by atoms with E-state index in [1.54, 1.807) is 23.9 Å². The highest BCUT2D eigenvalue weighted by atomic mass is 32.2. The van der Waals surface area contributed by atoms with Crippen molar-refractivity contribution in [3.63, 3.8) is 0 Å². The van der Waals surface area contributed by atoms with Gasteiger partial charge >= 0.3 is 0 Å². The molecule has 0 radical (unpaired) electrons. The molecule has 1 aromatic heterocycles. The first-order valence-electron chi connectivity index (χ1n) is 6.04. The largest absolute Gasteiger partial charge is 0.384 e. The van der Waals surface area contributed by atoms with E-state index >= 15 is 0 Å². The summed E-state index contributed by atoms with van der Waals surface area (Å²) in [5.41, 5.74) is 1.06. The van der Waals surface area contributed by atoms with Gasteiger partial charge in [-0.2, -0.15) is 11.8 Å². The minimum Gasteiger partial charge on any atom is -0.384 e. The first-order chi connectivity index (χ1) is 9.17. The maximum Gasteiger partial charge on any atom is 0.269 e. The molecule has 1 atom stereocenters. The van der Waals surface area contributed by atoms with Gasteiger partial charge in [0, 0.05) is 23.6 Å². The van der Waals surface area contributed by atoms with E-state index < -0.39 is 0 Å². The first-order valence-corrected chi connectivity index (χ1v) is 7.33. The van der Waals surface area contributed by atoms with E-state index in [-0.39, 0.29) is 12.5 Å². The number of aliphatic hydroxyl groups is 1. The van der Waals surface area contributed by atoms with E-state index in [2.05, 4.69) is 35.3 Å². The predicted octanol–water partition coefficient (Wildman–Crippen LogP) is 1.30. The standard InChI is InChI=1S/C14H18N2O2S/c1-11(19-2)7-8-15-14(18)13-6-5-12(10-16-13)4-3-9-17/h5-6,10-11,17H,7-9H2,1-2H3,(H,15,18). The van der Waals surface area contributed by atoms with Crippen molar-refractivity contribution in [1.29, 1.82) is 0 Å². The molecular formula is C14H18N2O2S. The van der Waals surface area contributed by atoms with E-state index in [0.29, 0.717) is 23.1 Å². The Labute approximate surface area is 118 Å². The van der Waals surface area contributed by atoms with Crippen molar-refractivity contribution in [2.45, 2.75) is 18.6 Å². The van der Waals surface area contributed by atoms with Gasteiger partial charge in [-0.25, -0.2) is 4.98 Å². The van der Waals surface area contributed by atoms with Crippen LogP contribution in [0.3, 0.4) is 0 Å². The van der Waals surface area contributed by atoms with Gasteiger partial charge in [0.1, 0.15) is 12.3 Å². The molecule has 0 saturated carbocycles. The summed E-state index contributed by atoms with van der Waals surface area (Å²) in [6.45, 7) is 2.59. The van der Waals surface area contributed by atoms with Crippen molar-refractivity contribution in [2.24, 2.45) is 0 Å². The maximum atomic E-state index is 11.8. The quantitative estimate of drug-likeness (QED) is 0.797. The number of hydrogen-bond donors (Lipinski definition) is 2. The van der Waals surface area contributed by atoms with Crippen molar-refractivity contribution in [2.75, 3.05) is 19.4 Å². The van der Waals surface area contributed by atoms with Crippen LogP contribution in [-0.4, -0.2) is 40.7 Å². The number of nitrogens with zero attached hydrogens (tertiary/aromatic N) is 1. The fourth-order valence-electron chi connectivity index (χ4n) is 1.34.